The fourth-order valence-electron chi connectivity index (χ4n) is 1.38. The van der Waals surface area contributed by atoms with Gasteiger partial charge < -0.3 is 11.1 Å². The van der Waals surface area contributed by atoms with Crippen LogP contribution in [0.3, 0.4) is 0 Å². The maximum Gasteiger partial charge on any atom is 0.405 e. The number of amides is 1. The summed E-state index contributed by atoms with van der Waals surface area (Å²) in [5.74, 6) is -0.840. The number of hydrogen-bond donors (Lipinski definition) is 2. The summed E-state index contributed by atoms with van der Waals surface area (Å²) < 4.78 is 35.9. The van der Waals surface area contributed by atoms with Crippen molar-refractivity contribution in [2.75, 3.05) is 12.3 Å². The Hall–Kier alpha value is -1.83. The molecule has 2 aromatic rings. The molecule has 2 heterocycles. The third-order valence-electron chi connectivity index (χ3n) is 2.16. The van der Waals surface area contributed by atoms with Crippen LogP contribution in [0.2, 0.25) is 0 Å². The van der Waals surface area contributed by atoms with E-state index in [1.807, 2.05) is 0 Å². The van der Waals surface area contributed by atoms with E-state index in [4.69, 9.17) is 5.73 Å². The van der Waals surface area contributed by atoms with Crippen molar-refractivity contribution in [3.05, 3.63) is 23.2 Å². The summed E-state index contributed by atoms with van der Waals surface area (Å²) in [5.41, 5.74) is 5.86. The fourth-order valence-corrected chi connectivity index (χ4v) is 2.36. The van der Waals surface area contributed by atoms with E-state index in [0.29, 0.717) is 10.2 Å². The largest absolute Gasteiger partial charge is 0.405 e. The van der Waals surface area contributed by atoms with Crippen LogP contribution in [0.15, 0.2) is 18.3 Å². The summed E-state index contributed by atoms with van der Waals surface area (Å²) in [6, 6.07) is 3.30. The molecule has 0 saturated carbocycles. The predicted octanol–water partition coefficient (Wildman–Crippen LogP) is 2.17. The summed E-state index contributed by atoms with van der Waals surface area (Å²) in [6.07, 6.45) is -2.92. The minimum absolute atomic E-state index is 0.0490. The number of nitrogens with zero attached hydrogens (tertiary/aromatic N) is 1. The lowest BCUT2D eigenvalue weighted by atomic mass is 10.2. The number of nitrogens with two attached hydrogens (primary N) is 1. The highest BCUT2D eigenvalue weighted by atomic mass is 32.1. The number of pyridine rings is 1. The van der Waals surface area contributed by atoms with Crippen molar-refractivity contribution in [3.8, 4) is 0 Å². The lowest BCUT2D eigenvalue weighted by Gasteiger charge is -2.07. The topological polar surface area (TPSA) is 68.0 Å². The average molecular weight is 275 g/mol. The molecule has 1 amide bonds. The SMILES string of the molecule is Nc1c(C(=O)NCC(F)(F)F)sc2ncccc12. The van der Waals surface area contributed by atoms with Gasteiger partial charge in [-0.1, -0.05) is 0 Å². The smallest absolute Gasteiger partial charge is 0.397 e. The van der Waals surface area contributed by atoms with E-state index in [1.165, 1.54) is 6.20 Å². The van der Waals surface area contributed by atoms with E-state index >= 15 is 0 Å². The molecule has 0 fully saturated rings. The molecule has 0 bridgehead atoms. The summed E-state index contributed by atoms with van der Waals surface area (Å²) in [6.45, 7) is -1.38. The first-order chi connectivity index (χ1) is 8.38. The first-order valence-electron chi connectivity index (χ1n) is 4.86. The fraction of sp³-hybridized carbons (Fsp3) is 0.200. The quantitative estimate of drug-likeness (QED) is 0.882. The molecule has 0 aromatic carbocycles. The number of carbonyl (C=O) groups excluding carboxylic acids is 1. The Balaban J connectivity index is 2.26. The number of hydrogen-bond acceptors (Lipinski definition) is 4. The van der Waals surface area contributed by atoms with Crippen LogP contribution in [-0.4, -0.2) is 23.6 Å². The molecule has 0 aliphatic carbocycles. The van der Waals surface area contributed by atoms with Crippen LogP contribution < -0.4 is 11.1 Å². The third-order valence-corrected chi connectivity index (χ3v) is 3.29. The maximum absolute atomic E-state index is 12.0. The van der Waals surface area contributed by atoms with Crippen molar-refractivity contribution in [3.63, 3.8) is 0 Å². The molecule has 0 atom stereocenters. The van der Waals surface area contributed by atoms with E-state index in [2.05, 4.69) is 4.98 Å². The summed E-state index contributed by atoms with van der Waals surface area (Å²) in [4.78, 5) is 16.1. The molecule has 2 rings (SSSR count). The molecule has 0 unspecified atom stereocenters. The van der Waals surface area contributed by atoms with Gasteiger partial charge in [0.05, 0.1) is 5.69 Å². The van der Waals surface area contributed by atoms with Gasteiger partial charge in [-0.25, -0.2) is 4.98 Å². The molecule has 0 aliphatic heterocycles. The lowest BCUT2D eigenvalue weighted by molar-refractivity contribution is -0.123. The third kappa shape index (κ3) is 2.53. The zero-order valence-electron chi connectivity index (χ0n) is 8.91. The van der Waals surface area contributed by atoms with E-state index < -0.39 is 18.6 Å². The number of aromatic nitrogens is 1. The molecule has 96 valence electrons. The van der Waals surface area contributed by atoms with Crippen molar-refractivity contribution < 1.29 is 18.0 Å². The molecule has 0 radical (unpaired) electrons. The zero-order valence-corrected chi connectivity index (χ0v) is 9.73. The van der Waals surface area contributed by atoms with Crippen molar-refractivity contribution in [1.29, 1.82) is 0 Å². The Kier molecular flexibility index (Phi) is 3.12. The van der Waals surface area contributed by atoms with Crippen molar-refractivity contribution in [1.82, 2.24) is 10.3 Å². The van der Waals surface area contributed by atoms with Gasteiger partial charge in [-0.2, -0.15) is 13.2 Å². The Bertz CT molecular complexity index is 594. The van der Waals surface area contributed by atoms with Gasteiger partial charge in [-0.05, 0) is 12.1 Å². The van der Waals surface area contributed by atoms with Gasteiger partial charge in [0.2, 0.25) is 0 Å². The summed E-state index contributed by atoms with van der Waals surface area (Å²) >= 11 is 0.967. The second-order valence-electron chi connectivity index (χ2n) is 3.50. The highest BCUT2D eigenvalue weighted by Gasteiger charge is 2.28. The zero-order chi connectivity index (χ0) is 13.3. The lowest BCUT2D eigenvalue weighted by Crippen LogP contribution is -2.33. The van der Waals surface area contributed by atoms with Gasteiger partial charge in [0.25, 0.3) is 5.91 Å². The minimum Gasteiger partial charge on any atom is -0.397 e. The molecule has 0 saturated heterocycles. The number of anilines is 1. The van der Waals surface area contributed by atoms with Crippen LogP contribution in [0, 0.1) is 0 Å². The molecule has 2 aromatic heterocycles. The van der Waals surface area contributed by atoms with Crippen LogP contribution in [0.1, 0.15) is 9.67 Å². The normalized spacial score (nSPS) is 11.7. The highest BCUT2D eigenvalue weighted by molar-refractivity contribution is 7.21. The van der Waals surface area contributed by atoms with Crippen LogP contribution in [-0.2, 0) is 0 Å². The van der Waals surface area contributed by atoms with E-state index in [9.17, 15) is 18.0 Å². The Morgan fingerprint density at radius 3 is 2.83 bits per heavy atom. The second-order valence-corrected chi connectivity index (χ2v) is 4.50. The molecule has 3 N–H and O–H groups in total. The number of nitrogen functional groups attached to an aromatic ring is 1. The van der Waals surface area contributed by atoms with E-state index in [1.54, 1.807) is 17.4 Å². The standard InChI is InChI=1S/C10H8F3N3OS/c11-10(12,13)4-16-8(17)7-6(14)5-2-1-3-15-9(5)18-7/h1-3H,4,14H2,(H,16,17). The van der Waals surface area contributed by atoms with Crippen LogP contribution >= 0.6 is 11.3 Å². The number of halogens is 3. The van der Waals surface area contributed by atoms with E-state index in [0.717, 1.165) is 11.3 Å². The van der Waals surface area contributed by atoms with Gasteiger partial charge in [-0.15, -0.1) is 11.3 Å². The number of rotatable bonds is 2. The van der Waals surface area contributed by atoms with Crippen LogP contribution in [0.5, 0.6) is 0 Å². The van der Waals surface area contributed by atoms with Crippen molar-refractivity contribution in [2.24, 2.45) is 0 Å². The number of nitrogens with one attached hydrogen (secondary N) is 1. The first kappa shape index (κ1) is 12.6. The monoisotopic (exact) mass is 275 g/mol. The molecule has 0 aliphatic rings. The maximum atomic E-state index is 12.0. The molecular formula is C10H8F3N3OS. The van der Waals surface area contributed by atoms with Crippen LogP contribution in [0.4, 0.5) is 18.9 Å². The Morgan fingerprint density at radius 1 is 1.50 bits per heavy atom. The predicted molar refractivity (Wildman–Crippen MR) is 62.4 cm³/mol. The Morgan fingerprint density at radius 2 is 2.22 bits per heavy atom. The average Bonchev–Trinajstić information content (AvgIpc) is 2.64. The number of fused-ring (bicyclic) bond motifs is 1. The summed E-state index contributed by atoms with van der Waals surface area (Å²) in [5, 5.41) is 2.35. The second kappa shape index (κ2) is 4.45. The molecular weight excluding hydrogens is 267 g/mol. The molecule has 8 heteroatoms. The summed E-state index contributed by atoms with van der Waals surface area (Å²) in [7, 11) is 0. The van der Waals surface area contributed by atoms with E-state index in [-0.39, 0.29) is 10.6 Å². The van der Waals surface area contributed by atoms with Gasteiger partial charge in [0, 0.05) is 11.6 Å². The van der Waals surface area contributed by atoms with Crippen molar-refractivity contribution in [2.45, 2.75) is 6.18 Å². The van der Waals surface area contributed by atoms with Gasteiger partial charge in [0.15, 0.2) is 0 Å². The number of carbonyl (C=O) groups is 1. The Labute approximate surface area is 104 Å². The highest BCUT2D eigenvalue weighted by Crippen LogP contribution is 2.31. The minimum atomic E-state index is -4.45. The number of alkyl halides is 3. The molecule has 18 heavy (non-hydrogen) atoms. The van der Waals surface area contributed by atoms with Crippen LogP contribution in [0.25, 0.3) is 10.2 Å². The molecule has 0 spiro atoms. The number of thiophene rings is 1. The molecule has 4 nitrogen and oxygen atoms in total. The van der Waals surface area contributed by atoms with Gasteiger partial charge >= 0.3 is 6.18 Å². The van der Waals surface area contributed by atoms with Crippen molar-refractivity contribution >= 4 is 33.1 Å². The van der Waals surface area contributed by atoms with Gasteiger partial charge in [0.1, 0.15) is 16.3 Å². The first-order valence-corrected chi connectivity index (χ1v) is 5.68. The van der Waals surface area contributed by atoms with Gasteiger partial charge in [-0.3, -0.25) is 4.79 Å².